The van der Waals surface area contributed by atoms with Gasteiger partial charge in [-0.15, -0.1) is 0 Å². The highest BCUT2D eigenvalue weighted by atomic mass is 16.6. The number of para-hydroxylation sites is 1. The van der Waals surface area contributed by atoms with E-state index in [-0.39, 0.29) is 30.2 Å². The van der Waals surface area contributed by atoms with Crippen molar-refractivity contribution < 1.29 is 19.3 Å². The first-order chi connectivity index (χ1) is 9.57. The van der Waals surface area contributed by atoms with E-state index in [0.717, 1.165) is 0 Å². The molecule has 0 bridgehead atoms. The first-order valence-corrected chi connectivity index (χ1v) is 5.80. The average Bonchev–Trinajstić information content (AvgIpc) is 2.42. The van der Waals surface area contributed by atoms with Gasteiger partial charge in [-0.1, -0.05) is 0 Å². The number of rotatable bonds is 9. The number of nitrogens with one attached hydrogen (secondary N) is 1. The van der Waals surface area contributed by atoms with Crippen molar-refractivity contribution >= 4 is 17.1 Å². The Bertz CT molecular complexity index is 447. The molecule has 0 heterocycles. The second-order valence-electron chi connectivity index (χ2n) is 3.72. The Labute approximate surface area is 114 Å². The number of benzene rings is 1. The lowest BCUT2D eigenvalue weighted by Gasteiger charge is -2.08. The molecule has 1 N–H and O–H groups in total. The number of hydrogen-bond acceptors (Lipinski definition) is 7. The van der Waals surface area contributed by atoms with Gasteiger partial charge in [-0.25, -0.2) is 0 Å². The van der Waals surface area contributed by atoms with E-state index < -0.39 is 9.85 Å². The molecule has 110 valence electrons. The molecule has 0 atom stereocenters. The predicted molar refractivity (Wildman–Crippen MR) is 70.9 cm³/mol. The summed E-state index contributed by atoms with van der Waals surface area (Å²) in [6.07, 6.45) is 0. The van der Waals surface area contributed by atoms with Gasteiger partial charge in [0.2, 0.25) is 0 Å². The fourth-order valence-corrected chi connectivity index (χ4v) is 1.51. The van der Waals surface area contributed by atoms with Crippen molar-refractivity contribution in [1.82, 2.24) is 0 Å². The largest absolute Gasteiger partial charge is 0.382 e. The molecule has 1 aromatic carbocycles. The van der Waals surface area contributed by atoms with Crippen molar-refractivity contribution in [3.8, 4) is 0 Å². The standard InChI is InChI=1S/C11H15N3O6/c1-19-7-8-20-6-5-12-11-9(13(15)16)3-2-4-10(11)14(17)18/h2-4,12H,5-8H2,1H3. The zero-order valence-electron chi connectivity index (χ0n) is 10.9. The maximum Gasteiger partial charge on any atom is 0.299 e. The van der Waals surface area contributed by atoms with Gasteiger partial charge in [-0.05, 0) is 6.07 Å². The molecule has 0 amide bonds. The maximum absolute atomic E-state index is 10.9. The summed E-state index contributed by atoms with van der Waals surface area (Å²) in [5, 5.41) is 24.4. The second kappa shape index (κ2) is 8.02. The number of anilines is 1. The molecule has 1 rings (SSSR count). The van der Waals surface area contributed by atoms with Crippen molar-refractivity contribution in [2.45, 2.75) is 0 Å². The van der Waals surface area contributed by atoms with Crippen LogP contribution in [0, 0.1) is 20.2 Å². The zero-order valence-corrected chi connectivity index (χ0v) is 10.9. The van der Waals surface area contributed by atoms with Crippen molar-refractivity contribution in [3.05, 3.63) is 38.4 Å². The van der Waals surface area contributed by atoms with E-state index in [0.29, 0.717) is 13.2 Å². The highest BCUT2D eigenvalue weighted by Gasteiger charge is 2.23. The molecule has 0 unspecified atom stereocenters. The first kappa shape index (κ1) is 15.8. The highest BCUT2D eigenvalue weighted by Crippen LogP contribution is 2.33. The van der Waals surface area contributed by atoms with Crippen molar-refractivity contribution in [1.29, 1.82) is 0 Å². The molecule has 1 aromatic rings. The minimum absolute atomic E-state index is 0.113. The molecule has 0 spiro atoms. The van der Waals surface area contributed by atoms with Crippen LogP contribution in [0.1, 0.15) is 0 Å². The van der Waals surface area contributed by atoms with Crippen molar-refractivity contribution in [3.63, 3.8) is 0 Å². The van der Waals surface area contributed by atoms with Gasteiger partial charge in [-0.2, -0.15) is 0 Å². The fraction of sp³-hybridized carbons (Fsp3) is 0.455. The molecule has 9 heteroatoms. The number of nitro benzene ring substituents is 2. The van der Waals surface area contributed by atoms with Gasteiger partial charge in [0.05, 0.1) is 29.7 Å². The molecule has 0 fully saturated rings. The summed E-state index contributed by atoms with van der Waals surface area (Å²) in [4.78, 5) is 20.4. The van der Waals surface area contributed by atoms with E-state index in [4.69, 9.17) is 9.47 Å². The van der Waals surface area contributed by atoms with Gasteiger partial charge in [0.25, 0.3) is 11.4 Å². The van der Waals surface area contributed by atoms with Gasteiger partial charge in [0.1, 0.15) is 0 Å². The van der Waals surface area contributed by atoms with Gasteiger partial charge < -0.3 is 14.8 Å². The van der Waals surface area contributed by atoms with Crippen molar-refractivity contribution in [2.75, 3.05) is 38.8 Å². The van der Waals surface area contributed by atoms with Gasteiger partial charge in [-0.3, -0.25) is 20.2 Å². The Balaban J connectivity index is 2.71. The minimum Gasteiger partial charge on any atom is -0.382 e. The third kappa shape index (κ3) is 4.44. The van der Waals surface area contributed by atoms with E-state index >= 15 is 0 Å². The summed E-state index contributed by atoms with van der Waals surface area (Å²) in [5.74, 6) is 0. The van der Waals surface area contributed by atoms with E-state index in [2.05, 4.69) is 5.32 Å². The van der Waals surface area contributed by atoms with Crippen LogP contribution in [0.3, 0.4) is 0 Å². The van der Waals surface area contributed by atoms with Crippen LogP contribution in [0.4, 0.5) is 17.1 Å². The summed E-state index contributed by atoms with van der Waals surface area (Å²) in [5.41, 5.74) is -0.787. The third-order valence-corrected chi connectivity index (χ3v) is 2.39. The lowest BCUT2D eigenvalue weighted by molar-refractivity contribution is -0.392. The van der Waals surface area contributed by atoms with Crippen LogP contribution in [0.25, 0.3) is 0 Å². The first-order valence-electron chi connectivity index (χ1n) is 5.80. The van der Waals surface area contributed by atoms with E-state index in [1.165, 1.54) is 25.3 Å². The second-order valence-corrected chi connectivity index (χ2v) is 3.72. The summed E-state index contributed by atoms with van der Waals surface area (Å²) in [6, 6.07) is 3.69. The van der Waals surface area contributed by atoms with E-state index in [1.807, 2.05) is 0 Å². The Hall–Kier alpha value is -2.26. The number of nitrogens with zero attached hydrogens (tertiary/aromatic N) is 2. The number of hydrogen-bond donors (Lipinski definition) is 1. The Kier molecular flexibility index (Phi) is 6.33. The van der Waals surface area contributed by atoms with Crippen LogP contribution in [-0.4, -0.2) is 43.3 Å². The Morgan fingerprint density at radius 2 is 1.70 bits per heavy atom. The SMILES string of the molecule is COCCOCCNc1c([N+](=O)[O-])cccc1[N+](=O)[O-]. The number of nitro groups is 2. The molecule has 0 aliphatic carbocycles. The van der Waals surface area contributed by atoms with Crippen LogP contribution in [0.15, 0.2) is 18.2 Å². The molecule has 9 nitrogen and oxygen atoms in total. The Morgan fingerprint density at radius 3 is 2.20 bits per heavy atom. The van der Waals surface area contributed by atoms with Gasteiger partial charge in [0, 0.05) is 25.8 Å². The molecule has 0 radical (unpaired) electrons. The van der Waals surface area contributed by atoms with Crippen LogP contribution >= 0.6 is 0 Å². The molecule has 0 aliphatic heterocycles. The topological polar surface area (TPSA) is 117 Å². The molecule has 0 saturated heterocycles. The molecule has 0 aliphatic rings. The normalized spacial score (nSPS) is 10.2. The van der Waals surface area contributed by atoms with Crippen LogP contribution in [0.5, 0.6) is 0 Å². The predicted octanol–water partition coefficient (Wildman–Crippen LogP) is 1.58. The maximum atomic E-state index is 10.9. The molecule has 0 saturated carbocycles. The number of ether oxygens (including phenoxy) is 2. The lowest BCUT2D eigenvalue weighted by atomic mass is 10.2. The van der Waals surface area contributed by atoms with Crippen molar-refractivity contribution in [2.24, 2.45) is 0 Å². The average molecular weight is 285 g/mol. The monoisotopic (exact) mass is 285 g/mol. The molecular formula is C11H15N3O6. The summed E-state index contributed by atoms with van der Waals surface area (Å²) in [6.45, 7) is 1.30. The summed E-state index contributed by atoms with van der Waals surface area (Å²) in [7, 11) is 1.54. The summed E-state index contributed by atoms with van der Waals surface area (Å²) < 4.78 is 9.95. The van der Waals surface area contributed by atoms with Crippen LogP contribution in [-0.2, 0) is 9.47 Å². The van der Waals surface area contributed by atoms with E-state index in [1.54, 1.807) is 0 Å². The minimum atomic E-state index is -0.666. The van der Waals surface area contributed by atoms with Crippen LogP contribution in [0.2, 0.25) is 0 Å². The summed E-state index contributed by atoms with van der Waals surface area (Å²) >= 11 is 0. The Morgan fingerprint density at radius 1 is 1.10 bits per heavy atom. The van der Waals surface area contributed by atoms with E-state index in [9.17, 15) is 20.2 Å². The zero-order chi connectivity index (χ0) is 15.0. The fourth-order valence-electron chi connectivity index (χ4n) is 1.51. The van der Waals surface area contributed by atoms with Gasteiger partial charge >= 0.3 is 0 Å². The lowest BCUT2D eigenvalue weighted by Crippen LogP contribution is -2.13. The quantitative estimate of drug-likeness (QED) is 0.415. The molecular weight excluding hydrogens is 270 g/mol. The highest BCUT2D eigenvalue weighted by molar-refractivity contribution is 5.73. The van der Waals surface area contributed by atoms with Crippen LogP contribution < -0.4 is 5.32 Å². The smallest absolute Gasteiger partial charge is 0.299 e. The van der Waals surface area contributed by atoms with Gasteiger partial charge in [0.15, 0.2) is 5.69 Å². The third-order valence-electron chi connectivity index (χ3n) is 2.39. The molecule has 20 heavy (non-hydrogen) atoms. The molecule has 0 aromatic heterocycles. The number of methoxy groups -OCH3 is 1.